The molecule has 0 aromatic heterocycles. The molecule has 0 unspecified atom stereocenters. The number of carbonyl (C=O) groups excluding carboxylic acids is 1. The van der Waals surface area contributed by atoms with Crippen molar-refractivity contribution in [2.24, 2.45) is 0 Å². The second-order valence-electron chi connectivity index (χ2n) is 5.96. The van der Waals surface area contributed by atoms with Crippen LogP contribution in [0.5, 0.6) is 0 Å². The van der Waals surface area contributed by atoms with Gasteiger partial charge in [0.05, 0.1) is 12.2 Å². The zero-order valence-corrected chi connectivity index (χ0v) is 15.2. The zero-order chi connectivity index (χ0) is 17.8. The molecule has 0 aliphatic carbocycles. The maximum Gasteiger partial charge on any atom is 0.303 e. The zero-order valence-electron chi connectivity index (χ0n) is 13.6. The van der Waals surface area contributed by atoms with Gasteiger partial charge >= 0.3 is 5.97 Å². The first-order valence-corrected chi connectivity index (χ1v) is 8.91. The van der Waals surface area contributed by atoms with Gasteiger partial charge in [-0.15, -0.1) is 0 Å². The highest BCUT2D eigenvalue weighted by Crippen LogP contribution is 2.30. The Balaban J connectivity index is 1.96. The van der Waals surface area contributed by atoms with Crippen LogP contribution in [-0.2, 0) is 16.1 Å². The summed E-state index contributed by atoms with van der Waals surface area (Å²) in [7, 11) is 0. The van der Waals surface area contributed by atoms with Gasteiger partial charge in [0.2, 0.25) is 5.91 Å². The number of benzene rings is 2. The van der Waals surface area contributed by atoms with Gasteiger partial charge in [-0.2, -0.15) is 0 Å². The molecule has 2 aromatic carbocycles. The molecule has 0 saturated carbocycles. The van der Waals surface area contributed by atoms with E-state index >= 15 is 0 Å². The summed E-state index contributed by atoms with van der Waals surface area (Å²) in [6.45, 7) is 0.460. The van der Waals surface area contributed by atoms with Crippen LogP contribution in [0.25, 0.3) is 12.2 Å². The maximum absolute atomic E-state index is 12.8. The molecule has 1 aliphatic heterocycles. The normalized spacial score (nSPS) is 12.8. The summed E-state index contributed by atoms with van der Waals surface area (Å²) in [5, 5.41) is 8.80. The molecule has 1 aliphatic rings. The van der Waals surface area contributed by atoms with Crippen molar-refractivity contribution in [1.29, 1.82) is 0 Å². The van der Waals surface area contributed by atoms with Gasteiger partial charge in [-0.3, -0.25) is 9.59 Å². The minimum absolute atomic E-state index is 0.00324. The van der Waals surface area contributed by atoms with Crippen LogP contribution in [0, 0.1) is 0 Å². The summed E-state index contributed by atoms with van der Waals surface area (Å²) in [4.78, 5) is 25.3. The molecule has 4 nitrogen and oxygen atoms in total. The maximum atomic E-state index is 12.8. The molecule has 1 heterocycles. The summed E-state index contributed by atoms with van der Waals surface area (Å²) in [6, 6.07) is 13.8. The second kappa shape index (κ2) is 7.66. The van der Waals surface area contributed by atoms with Crippen LogP contribution in [0.1, 0.15) is 36.0 Å². The van der Waals surface area contributed by atoms with Crippen molar-refractivity contribution < 1.29 is 14.7 Å². The average molecular weight is 400 g/mol. The van der Waals surface area contributed by atoms with Gasteiger partial charge in [-0.1, -0.05) is 52.3 Å². The Morgan fingerprint density at radius 2 is 1.80 bits per heavy atom. The molecule has 0 radical (unpaired) electrons. The highest BCUT2D eigenvalue weighted by Gasteiger charge is 2.21. The molecule has 3 rings (SSSR count). The Bertz CT molecular complexity index is 845. The molecular formula is C20H18BrNO3. The van der Waals surface area contributed by atoms with Gasteiger partial charge < -0.3 is 10.0 Å². The van der Waals surface area contributed by atoms with Gasteiger partial charge in [-0.25, -0.2) is 0 Å². The monoisotopic (exact) mass is 399 g/mol. The fourth-order valence-electron chi connectivity index (χ4n) is 2.93. The van der Waals surface area contributed by atoms with E-state index < -0.39 is 5.97 Å². The minimum Gasteiger partial charge on any atom is -0.481 e. The van der Waals surface area contributed by atoms with Crippen LogP contribution >= 0.6 is 15.9 Å². The van der Waals surface area contributed by atoms with Crippen molar-refractivity contribution in [2.45, 2.75) is 25.8 Å². The molecular weight excluding hydrogens is 382 g/mol. The molecule has 5 heteroatoms. The number of halogens is 1. The molecule has 1 N–H and O–H groups in total. The number of hydrogen-bond donors (Lipinski definition) is 1. The quantitative estimate of drug-likeness (QED) is 0.808. The van der Waals surface area contributed by atoms with Crippen molar-refractivity contribution in [1.82, 2.24) is 0 Å². The molecule has 2 aromatic rings. The number of fused-ring (bicyclic) bond motifs is 2. The van der Waals surface area contributed by atoms with E-state index in [4.69, 9.17) is 5.11 Å². The van der Waals surface area contributed by atoms with Crippen molar-refractivity contribution >= 4 is 45.6 Å². The van der Waals surface area contributed by atoms with Crippen LogP contribution in [0.3, 0.4) is 0 Å². The summed E-state index contributed by atoms with van der Waals surface area (Å²) >= 11 is 3.49. The van der Waals surface area contributed by atoms with E-state index in [2.05, 4.69) is 22.0 Å². The van der Waals surface area contributed by atoms with E-state index in [1.165, 1.54) is 0 Å². The number of carboxylic acid groups (broad SMARTS) is 1. The number of nitrogens with zero attached hydrogens (tertiary/aromatic N) is 1. The number of para-hydroxylation sites is 1. The lowest BCUT2D eigenvalue weighted by Gasteiger charge is -2.27. The number of amides is 1. The van der Waals surface area contributed by atoms with E-state index in [0.29, 0.717) is 13.0 Å². The lowest BCUT2D eigenvalue weighted by molar-refractivity contribution is -0.137. The van der Waals surface area contributed by atoms with Crippen molar-refractivity contribution in [3.05, 3.63) is 63.6 Å². The number of hydrogen-bond acceptors (Lipinski definition) is 2. The molecule has 0 spiro atoms. The summed E-state index contributed by atoms with van der Waals surface area (Å²) in [6.07, 6.45) is 4.64. The molecule has 25 heavy (non-hydrogen) atoms. The highest BCUT2D eigenvalue weighted by molar-refractivity contribution is 9.10. The first-order valence-electron chi connectivity index (χ1n) is 8.12. The summed E-state index contributed by atoms with van der Waals surface area (Å²) < 4.78 is 0.965. The van der Waals surface area contributed by atoms with Gasteiger partial charge in [0.1, 0.15) is 0 Å². The van der Waals surface area contributed by atoms with Crippen molar-refractivity contribution in [2.75, 3.05) is 4.90 Å². The Kier molecular flexibility index (Phi) is 5.34. The standard InChI is InChI=1S/C20H18BrNO3/c21-17-11-10-14-8-9-15-4-1-2-5-18(15)22(13-16(14)12-17)19(23)6-3-7-20(24)25/h1-2,4-5,8-12H,3,6-7,13H2,(H,24,25). The summed E-state index contributed by atoms with van der Waals surface area (Å²) in [5.41, 5.74) is 3.94. The van der Waals surface area contributed by atoms with Gasteiger partial charge in [0.15, 0.2) is 0 Å². The van der Waals surface area contributed by atoms with Crippen LogP contribution in [0.2, 0.25) is 0 Å². The molecule has 0 saturated heterocycles. The van der Waals surface area contributed by atoms with E-state index in [9.17, 15) is 9.59 Å². The Morgan fingerprint density at radius 1 is 1.04 bits per heavy atom. The lowest BCUT2D eigenvalue weighted by Crippen LogP contribution is -2.31. The number of carboxylic acids is 1. The first kappa shape index (κ1) is 17.4. The third kappa shape index (κ3) is 4.17. The smallest absolute Gasteiger partial charge is 0.303 e. The van der Waals surface area contributed by atoms with E-state index in [0.717, 1.165) is 26.9 Å². The third-order valence-electron chi connectivity index (χ3n) is 4.19. The second-order valence-corrected chi connectivity index (χ2v) is 6.88. The van der Waals surface area contributed by atoms with E-state index in [1.807, 2.05) is 48.5 Å². The van der Waals surface area contributed by atoms with E-state index in [1.54, 1.807) is 4.90 Å². The Hall–Kier alpha value is -2.40. The topological polar surface area (TPSA) is 57.6 Å². The lowest BCUT2D eigenvalue weighted by atomic mass is 10.0. The fraction of sp³-hybridized carbons (Fsp3) is 0.200. The number of aliphatic carboxylic acids is 1. The van der Waals surface area contributed by atoms with Crippen molar-refractivity contribution in [3.63, 3.8) is 0 Å². The number of rotatable bonds is 4. The fourth-order valence-corrected chi connectivity index (χ4v) is 3.34. The molecule has 0 fully saturated rings. The molecule has 0 atom stereocenters. The van der Waals surface area contributed by atoms with Crippen molar-refractivity contribution in [3.8, 4) is 0 Å². The van der Waals surface area contributed by atoms with Gasteiger partial charge in [0.25, 0.3) is 0 Å². The van der Waals surface area contributed by atoms with Gasteiger partial charge in [-0.05, 0) is 41.3 Å². The summed E-state index contributed by atoms with van der Waals surface area (Å²) in [5.74, 6) is -0.937. The first-order chi connectivity index (χ1) is 12.0. The van der Waals surface area contributed by atoms with E-state index in [-0.39, 0.29) is 18.7 Å². The molecule has 0 bridgehead atoms. The Labute approximate surface area is 154 Å². The average Bonchev–Trinajstić information content (AvgIpc) is 2.57. The van der Waals surface area contributed by atoms with Crippen LogP contribution < -0.4 is 4.90 Å². The predicted molar refractivity (Wildman–Crippen MR) is 102 cm³/mol. The number of carbonyl (C=O) groups is 2. The van der Waals surface area contributed by atoms with Crippen LogP contribution in [0.15, 0.2) is 46.9 Å². The molecule has 1 amide bonds. The largest absolute Gasteiger partial charge is 0.481 e. The van der Waals surface area contributed by atoms with Crippen LogP contribution in [-0.4, -0.2) is 17.0 Å². The number of anilines is 1. The van der Waals surface area contributed by atoms with Crippen LogP contribution in [0.4, 0.5) is 5.69 Å². The predicted octanol–water partition coefficient (Wildman–Crippen LogP) is 4.72. The SMILES string of the molecule is O=C(O)CCCC(=O)N1Cc2cc(Br)ccc2C=Cc2ccccc21. The Morgan fingerprint density at radius 3 is 2.60 bits per heavy atom. The highest BCUT2D eigenvalue weighted by atomic mass is 79.9. The van der Waals surface area contributed by atoms with Gasteiger partial charge in [0, 0.05) is 17.3 Å². The third-order valence-corrected chi connectivity index (χ3v) is 4.68. The minimum atomic E-state index is -0.877. The molecule has 128 valence electrons.